The molecule has 2 aliphatic rings. The molecular formula is C16H19BrFNO. The van der Waals surface area contributed by atoms with Crippen molar-refractivity contribution in [2.45, 2.75) is 50.6 Å². The Hall–Kier alpha value is -0.740. The van der Waals surface area contributed by atoms with Gasteiger partial charge in [0.1, 0.15) is 11.6 Å². The second kappa shape index (κ2) is 5.94. The Morgan fingerprint density at radius 2 is 2.00 bits per heavy atom. The average Bonchev–Trinajstić information content (AvgIpc) is 2.73. The molecule has 0 aromatic heterocycles. The van der Waals surface area contributed by atoms with Crippen molar-refractivity contribution in [2.75, 3.05) is 0 Å². The summed E-state index contributed by atoms with van der Waals surface area (Å²) in [4.78, 5) is 12.2. The molecule has 0 spiro atoms. The zero-order chi connectivity index (χ0) is 14.1. The first kappa shape index (κ1) is 14.2. The first-order chi connectivity index (χ1) is 9.60. The summed E-state index contributed by atoms with van der Waals surface area (Å²) in [6, 6.07) is 5.76. The first-order valence-electron chi connectivity index (χ1n) is 7.32. The number of halogens is 2. The smallest absolute Gasteiger partial charge is 0.137 e. The molecule has 4 heteroatoms. The molecule has 2 heterocycles. The van der Waals surface area contributed by atoms with Crippen LogP contribution in [0.25, 0.3) is 0 Å². The highest BCUT2D eigenvalue weighted by molar-refractivity contribution is 9.10. The van der Waals surface area contributed by atoms with Crippen molar-refractivity contribution in [1.29, 1.82) is 0 Å². The van der Waals surface area contributed by atoms with E-state index in [1.54, 1.807) is 6.07 Å². The molecule has 2 bridgehead atoms. The van der Waals surface area contributed by atoms with Crippen molar-refractivity contribution in [3.63, 3.8) is 0 Å². The van der Waals surface area contributed by atoms with Gasteiger partial charge in [0.05, 0.1) is 0 Å². The Morgan fingerprint density at radius 1 is 1.30 bits per heavy atom. The quantitative estimate of drug-likeness (QED) is 0.907. The van der Waals surface area contributed by atoms with Gasteiger partial charge in [-0.15, -0.1) is 0 Å². The minimum Gasteiger partial charge on any atom is -0.311 e. The molecule has 0 amide bonds. The Labute approximate surface area is 127 Å². The number of rotatable bonds is 4. The van der Waals surface area contributed by atoms with Crippen LogP contribution in [-0.2, 0) is 11.2 Å². The molecule has 1 aromatic carbocycles. The lowest BCUT2D eigenvalue weighted by molar-refractivity contribution is -0.119. The van der Waals surface area contributed by atoms with E-state index in [0.717, 1.165) is 22.9 Å². The predicted molar refractivity (Wildman–Crippen MR) is 80.1 cm³/mol. The van der Waals surface area contributed by atoms with E-state index in [1.807, 2.05) is 0 Å². The van der Waals surface area contributed by atoms with Crippen LogP contribution in [0, 0.1) is 11.7 Å². The lowest BCUT2D eigenvalue weighted by Gasteiger charge is -2.28. The standard InChI is InChI=1S/C16H19BrFNO/c17-16-4-1-12(18)8-11(16)9-15(20)7-10-5-13-2-3-14(6-10)19-13/h1,4,8,10,13-14,19H,2-3,5-7,9H2. The molecule has 2 atom stereocenters. The molecule has 0 saturated carbocycles. The molecule has 3 rings (SSSR count). The number of fused-ring (bicyclic) bond motifs is 2. The third kappa shape index (κ3) is 3.29. The van der Waals surface area contributed by atoms with Crippen molar-refractivity contribution < 1.29 is 9.18 Å². The van der Waals surface area contributed by atoms with Gasteiger partial charge in [0.2, 0.25) is 0 Å². The molecule has 1 aromatic rings. The second-order valence-corrected chi connectivity index (χ2v) is 6.98. The van der Waals surface area contributed by atoms with Crippen molar-refractivity contribution >= 4 is 21.7 Å². The summed E-state index contributed by atoms with van der Waals surface area (Å²) in [5, 5.41) is 3.59. The van der Waals surface area contributed by atoms with Gasteiger partial charge in [-0.25, -0.2) is 4.39 Å². The van der Waals surface area contributed by atoms with E-state index in [1.165, 1.54) is 25.0 Å². The maximum Gasteiger partial charge on any atom is 0.137 e. The Balaban J connectivity index is 1.58. The third-order valence-electron chi connectivity index (χ3n) is 4.48. The number of benzene rings is 1. The molecular weight excluding hydrogens is 321 g/mol. The van der Waals surface area contributed by atoms with Gasteiger partial charge >= 0.3 is 0 Å². The van der Waals surface area contributed by atoms with Crippen LogP contribution in [-0.4, -0.2) is 17.9 Å². The summed E-state index contributed by atoms with van der Waals surface area (Å²) in [5.74, 6) is 0.451. The average molecular weight is 340 g/mol. The van der Waals surface area contributed by atoms with E-state index in [2.05, 4.69) is 21.2 Å². The van der Waals surface area contributed by atoms with Gasteiger partial charge in [0, 0.05) is 29.4 Å². The van der Waals surface area contributed by atoms with Crippen LogP contribution >= 0.6 is 15.9 Å². The van der Waals surface area contributed by atoms with Gasteiger partial charge in [-0.05, 0) is 55.4 Å². The van der Waals surface area contributed by atoms with Crippen LogP contribution in [0.1, 0.15) is 37.7 Å². The number of nitrogens with one attached hydrogen (secondary N) is 1. The fourth-order valence-corrected chi connectivity index (χ4v) is 4.01. The lowest BCUT2D eigenvalue weighted by Crippen LogP contribution is -2.38. The zero-order valence-electron chi connectivity index (χ0n) is 11.4. The second-order valence-electron chi connectivity index (χ2n) is 6.13. The summed E-state index contributed by atoms with van der Waals surface area (Å²) in [6.45, 7) is 0. The first-order valence-corrected chi connectivity index (χ1v) is 8.11. The van der Waals surface area contributed by atoms with Gasteiger partial charge in [0.25, 0.3) is 0 Å². The number of hydrogen-bond acceptors (Lipinski definition) is 2. The van der Waals surface area contributed by atoms with E-state index in [9.17, 15) is 9.18 Å². The van der Waals surface area contributed by atoms with Gasteiger partial charge in [0.15, 0.2) is 0 Å². The number of Topliss-reactive ketones (excluding diaryl/α,β-unsaturated/α-hetero) is 1. The number of carbonyl (C=O) groups excluding carboxylic acids is 1. The maximum absolute atomic E-state index is 13.2. The minimum atomic E-state index is -0.282. The molecule has 108 valence electrons. The van der Waals surface area contributed by atoms with Crippen molar-refractivity contribution in [1.82, 2.24) is 5.32 Å². The number of hydrogen-bond donors (Lipinski definition) is 1. The fourth-order valence-electron chi connectivity index (χ4n) is 3.63. The molecule has 2 aliphatic heterocycles. The van der Waals surface area contributed by atoms with Gasteiger partial charge in [-0.2, -0.15) is 0 Å². The highest BCUT2D eigenvalue weighted by Crippen LogP contribution is 2.33. The van der Waals surface area contributed by atoms with Crippen LogP contribution < -0.4 is 5.32 Å². The van der Waals surface area contributed by atoms with E-state index in [0.29, 0.717) is 30.8 Å². The summed E-state index contributed by atoms with van der Waals surface area (Å²) in [7, 11) is 0. The highest BCUT2D eigenvalue weighted by atomic mass is 79.9. The van der Waals surface area contributed by atoms with E-state index in [-0.39, 0.29) is 11.6 Å². The number of piperidine rings is 1. The summed E-state index contributed by atoms with van der Waals surface area (Å²) >= 11 is 3.38. The molecule has 0 radical (unpaired) electrons. The minimum absolute atomic E-state index is 0.225. The van der Waals surface area contributed by atoms with Crippen molar-refractivity contribution in [2.24, 2.45) is 5.92 Å². The largest absolute Gasteiger partial charge is 0.311 e. The molecule has 1 N–H and O–H groups in total. The van der Waals surface area contributed by atoms with Crippen molar-refractivity contribution in [3.05, 3.63) is 34.1 Å². The fraction of sp³-hybridized carbons (Fsp3) is 0.562. The molecule has 2 fully saturated rings. The van der Waals surface area contributed by atoms with Gasteiger partial charge < -0.3 is 5.32 Å². The predicted octanol–water partition coefficient (Wildman–Crippen LogP) is 3.62. The molecule has 20 heavy (non-hydrogen) atoms. The normalized spacial score (nSPS) is 28.6. The molecule has 2 saturated heterocycles. The Morgan fingerprint density at radius 3 is 2.70 bits per heavy atom. The van der Waals surface area contributed by atoms with Gasteiger partial charge in [-0.3, -0.25) is 4.79 Å². The molecule has 2 unspecified atom stereocenters. The van der Waals surface area contributed by atoms with E-state index in [4.69, 9.17) is 0 Å². The lowest BCUT2D eigenvalue weighted by atomic mass is 9.87. The number of carbonyl (C=O) groups is 1. The third-order valence-corrected chi connectivity index (χ3v) is 5.26. The van der Waals surface area contributed by atoms with E-state index >= 15 is 0 Å². The summed E-state index contributed by atoms with van der Waals surface area (Å²) in [6.07, 6.45) is 5.71. The van der Waals surface area contributed by atoms with E-state index < -0.39 is 0 Å². The topological polar surface area (TPSA) is 29.1 Å². The Kier molecular flexibility index (Phi) is 4.22. The monoisotopic (exact) mass is 339 g/mol. The van der Waals surface area contributed by atoms with Crippen LogP contribution in [0.5, 0.6) is 0 Å². The van der Waals surface area contributed by atoms with Crippen molar-refractivity contribution in [3.8, 4) is 0 Å². The van der Waals surface area contributed by atoms with Crippen LogP contribution in [0.3, 0.4) is 0 Å². The summed E-state index contributed by atoms with van der Waals surface area (Å²) in [5.41, 5.74) is 0.756. The molecule has 2 nitrogen and oxygen atoms in total. The van der Waals surface area contributed by atoms with Crippen LogP contribution in [0.4, 0.5) is 4.39 Å². The zero-order valence-corrected chi connectivity index (χ0v) is 13.0. The molecule has 0 aliphatic carbocycles. The van der Waals surface area contributed by atoms with Crippen LogP contribution in [0.15, 0.2) is 22.7 Å². The Bertz CT molecular complexity index is 507. The maximum atomic E-state index is 13.2. The van der Waals surface area contributed by atoms with Crippen LogP contribution in [0.2, 0.25) is 0 Å². The number of ketones is 1. The summed E-state index contributed by atoms with van der Waals surface area (Å²) < 4.78 is 14.0. The SMILES string of the molecule is O=C(Cc1cc(F)ccc1Br)CC1CC2CCC(C1)N2. The highest BCUT2D eigenvalue weighted by Gasteiger charge is 2.34. The van der Waals surface area contributed by atoms with Gasteiger partial charge in [-0.1, -0.05) is 15.9 Å².